The van der Waals surface area contributed by atoms with Crippen molar-refractivity contribution in [2.75, 3.05) is 0 Å². The minimum absolute atomic E-state index is 0.523. The first-order chi connectivity index (χ1) is 10.2. The summed E-state index contributed by atoms with van der Waals surface area (Å²) in [5, 5.41) is 8.92. The largest absolute Gasteiger partial charge is 0.480 e. The van der Waals surface area contributed by atoms with E-state index >= 15 is 0 Å². The fourth-order valence-electron chi connectivity index (χ4n) is 2.04. The van der Waals surface area contributed by atoms with Crippen LogP contribution in [0.1, 0.15) is 18.1 Å². The molecule has 0 aromatic heterocycles. The highest BCUT2D eigenvalue weighted by atomic mass is 32.2. The van der Waals surface area contributed by atoms with Crippen LogP contribution < -0.4 is 0 Å². The third-order valence-electron chi connectivity index (χ3n) is 3.09. The van der Waals surface area contributed by atoms with Crippen molar-refractivity contribution in [1.29, 1.82) is 0 Å². The molecule has 108 valence electrons. The van der Waals surface area contributed by atoms with Crippen molar-refractivity contribution in [2.45, 2.75) is 17.9 Å². The van der Waals surface area contributed by atoms with Crippen molar-refractivity contribution >= 4 is 23.8 Å². The van der Waals surface area contributed by atoms with E-state index in [1.807, 2.05) is 73.7 Å². The fourth-order valence-corrected chi connectivity index (χ4v) is 3.06. The molecular weight excluding hydrogens is 280 g/mol. The van der Waals surface area contributed by atoms with Gasteiger partial charge in [-0.05, 0) is 23.6 Å². The van der Waals surface area contributed by atoms with Gasteiger partial charge in [0.1, 0.15) is 5.25 Å². The van der Waals surface area contributed by atoms with Crippen molar-refractivity contribution in [3.05, 3.63) is 77.4 Å². The SMILES string of the molecule is CC(=Cc1ccccc1)C(SCc1ccccc1)C(=O)O. The molecule has 0 aliphatic rings. The van der Waals surface area contributed by atoms with Crippen LogP contribution in [0.25, 0.3) is 6.08 Å². The average molecular weight is 298 g/mol. The maximum absolute atomic E-state index is 11.5. The van der Waals surface area contributed by atoms with E-state index in [9.17, 15) is 9.90 Å². The highest BCUT2D eigenvalue weighted by Gasteiger charge is 2.19. The second-order valence-electron chi connectivity index (χ2n) is 4.81. The van der Waals surface area contributed by atoms with E-state index in [1.54, 1.807) is 0 Å². The molecule has 1 atom stereocenters. The molecule has 0 saturated carbocycles. The molecule has 2 aromatic carbocycles. The highest BCUT2D eigenvalue weighted by molar-refractivity contribution is 8.00. The summed E-state index contributed by atoms with van der Waals surface area (Å²) < 4.78 is 0. The summed E-state index contributed by atoms with van der Waals surface area (Å²) in [6.45, 7) is 1.88. The van der Waals surface area contributed by atoms with Gasteiger partial charge in [-0.1, -0.05) is 66.7 Å². The molecule has 0 saturated heterocycles. The number of hydrogen-bond donors (Lipinski definition) is 1. The monoisotopic (exact) mass is 298 g/mol. The summed E-state index contributed by atoms with van der Waals surface area (Å²) in [5.74, 6) is -0.0989. The molecule has 0 amide bonds. The van der Waals surface area contributed by atoms with Crippen LogP contribution in [-0.4, -0.2) is 16.3 Å². The fraction of sp³-hybridized carbons (Fsp3) is 0.167. The van der Waals surface area contributed by atoms with Crippen molar-refractivity contribution in [1.82, 2.24) is 0 Å². The van der Waals surface area contributed by atoms with E-state index in [-0.39, 0.29) is 0 Å². The zero-order valence-electron chi connectivity index (χ0n) is 11.9. The van der Waals surface area contributed by atoms with E-state index in [1.165, 1.54) is 11.8 Å². The molecule has 0 radical (unpaired) electrons. The van der Waals surface area contributed by atoms with Gasteiger partial charge in [0.05, 0.1) is 0 Å². The number of thioether (sulfide) groups is 1. The molecule has 2 nitrogen and oxygen atoms in total. The minimum atomic E-state index is -0.791. The molecule has 3 heteroatoms. The maximum Gasteiger partial charge on any atom is 0.320 e. The maximum atomic E-state index is 11.5. The van der Waals surface area contributed by atoms with Gasteiger partial charge in [-0.3, -0.25) is 4.79 Å². The Balaban J connectivity index is 2.08. The molecule has 21 heavy (non-hydrogen) atoms. The second kappa shape index (κ2) is 7.70. The van der Waals surface area contributed by atoms with Crippen LogP contribution >= 0.6 is 11.8 Å². The van der Waals surface area contributed by atoms with Crippen molar-refractivity contribution < 1.29 is 9.90 Å². The van der Waals surface area contributed by atoms with Gasteiger partial charge in [0.2, 0.25) is 0 Å². The Morgan fingerprint density at radius 1 is 1.10 bits per heavy atom. The molecule has 0 aliphatic carbocycles. The predicted octanol–water partition coefficient (Wildman–Crippen LogP) is 4.48. The third kappa shape index (κ3) is 4.80. The zero-order chi connectivity index (χ0) is 15.1. The molecule has 2 rings (SSSR count). The van der Waals surface area contributed by atoms with E-state index in [0.717, 1.165) is 16.7 Å². The number of hydrogen-bond acceptors (Lipinski definition) is 2. The van der Waals surface area contributed by atoms with Gasteiger partial charge in [0, 0.05) is 5.75 Å². The number of carboxylic acid groups (broad SMARTS) is 1. The average Bonchev–Trinajstić information content (AvgIpc) is 2.49. The Bertz CT molecular complexity index is 606. The number of carbonyl (C=O) groups is 1. The molecule has 0 fully saturated rings. The van der Waals surface area contributed by atoms with E-state index in [4.69, 9.17) is 0 Å². The number of aliphatic carboxylic acids is 1. The van der Waals surface area contributed by atoms with Crippen LogP contribution in [0.5, 0.6) is 0 Å². The highest BCUT2D eigenvalue weighted by Crippen LogP contribution is 2.25. The molecule has 0 heterocycles. The molecule has 0 spiro atoms. The smallest absolute Gasteiger partial charge is 0.320 e. The Hall–Kier alpha value is -2.00. The molecule has 1 N–H and O–H groups in total. The summed E-state index contributed by atoms with van der Waals surface area (Å²) in [5.41, 5.74) is 3.03. The Morgan fingerprint density at radius 3 is 2.24 bits per heavy atom. The Morgan fingerprint density at radius 2 is 1.67 bits per heavy atom. The Labute approximate surface area is 129 Å². The van der Waals surface area contributed by atoms with Gasteiger partial charge in [-0.2, -0.15) is 0 Å². The van der Waals surface area contributed by atoms with Crippen LogP contribution in [0.15, 0.2) is 66.2 Å². The minimum Gasteiger partial charge on any atom is -0.480 e. The van der Waals surface area contributed by atoms with Gasteiger partial charge in [0.25, 0.3) is 0 Å². The topological polar surface area (TPSA) is 37.3 Å². The molecule has 1 unspecified atom stereocenters. The van der Waals surface area contributed by atoms with Crippen LogP contribution in [0, 0.1) is 0 Å². The lowest BCUT2D eigenvalue weighted by molar-refractivity contribution is -0.135. The zero-order valence-corrected chi connectivity index (χ0v) is 12.7. The summed E-state index contributed by atoms with van der Waals surface area (Å²) in [7, 11) is 0. The van der Waals surface area contributed by atoms with E-state index < -0.39 is 11.2 Å². The van der Waals surface area contributed by atoms with E-state index in [2.05, 4.69) is 0 Å². The first-order valence-corrected chi connectivity index (χ1v) is 7.83. The lowest BCUT2D eigenvalue weighted by Gasteiger charge is -2.13. The lowest BCUT2D eigenvalue weighted by atomic mass is 10.1. The standard InChI is InChI=1S/C18H18O2S/c1-14(12-15-8-4-2-5-9-15)17(18(19)20)21-13-16-10-6-3-7-11-16/h2-12,17H,13H2,1H3,(H,19,20). The molecule has 0 bridgehead atoms. The third-order valence-corrected chi connectivity index (χ3v) is 4.50. The molecule has 0 aliphatic heterocycles. The van der Waals surface area contributed by atoms with Crippen LogP contribution in [0.3, 0.4) is 0 Å². The number of benzene rings is 2. The Kier molecular flexibility index (Phi) is 5.64. The van der Waals surface area contributed by atoms with Gasteiger partial charge in [-0.25, -0.2) is 0 Å². The molecule has 2 aromatic rings. The van der Waals surface area contributed by atoms with Crippen LogP contribution in [0.2, 0.25) is 0 Å². The van der Waals surface area contributed by atoms with Crippen LogP contribution in [0.4, 0.5) is 0 Å². The number of rotatable bonds is 6. The van der Waals surface area contributed by atoms with Gasteiger partial charge < -0.3 is 5.11 Å². The summed E-state index contributed by atoms with van der Waals surface area (Å²) in [6.07, 6.45) is 1.94. The quantitative estimate of drug-likeness (QED) is 0.854. The predicted molar refractivity (Wildman–Crippen MR) is 89.3 cm³/mol. The van der Waals surface area contributed by atoms with Gasteiger partial charge >= 0.3 is 5.97 Å². The van der Waals surface area contributed by atoms with Gasteiger partial charge in [-0.15, -0.1) is 11.8 Å². The summed E-state index contributed by atoms with van der Waals surface area (Å²) in [6, 6.07) is 19.7. The van der Waals surface area contributed by atoms with Crippen LogP contribution in [-0.2, 0) is 10.5 Å². The van der Waals surface area contributed by atoms with Gasteiger partial charge in [0.15, 0.2) is 0 Å². The summed E-state index contributed by atoms with van der Waals surface area (Å²) in [4.78, 5) is 11.5. The lowest BCUT2D eigenvalue weighted by Crippen LogP contribution is -2.17. The first kappa shape index (κ1) is 15.4. The van der Waals surface area contributed by atoms with Crippen molar-refractivity contribution in [3.63, 3.8) is 0 Å². The molecular formula is C18H18O2S. The van der Waals surface area contributed by atoms with Crippen molar-refractivity contribution in [2.24, 2.45) is 0 Å². The van der Waals surface area contributed by atoms with E-state index in [0.29, 0.717) is 5.75 Å². The normalized spacial score (nSPS) is 12.9. The summed E-state index contributed by atoms with van der Waals surface area (Å²) >= 11 is 1.44. The van der Waals surface area contributed by atoms with Crippen molar-refractivity contribution in [3.8, 4) is 0 Å². The second-order valence-corrected chi connectivity index (χ2v) is 5.91. The first-order valence-electron chi connectivity index (χ1n) is 6.78. The number of carboxylic acids is 1.